The van der Waals surface area contributed by atoms with E-state index in [0.717, 1.165) is 0 Å². The average Bonchev–Trinajstić information content (AvgIpc) is 2.02. The van der Waals surface area contributed by atoms with Gasteiger partial charge in [0.05, 0.1) is 12.8 Å². The molecule has 0 saturated heterocycles. The zero-order chi connectivity index (χ0) is 10.1. The van der Waals surface area contributed by atoms with Crippen molar-refractivity contribution in [1.82, 2.24) is 0 Å². The molecule has 0 aliphatic heterocycles. The quantitative estimate of drug-likeness (QED) is 0.656. The van der Waals surface area contributed by atoms with Crippen LogP contribution in [0.5, 0.6) is 5.75 Å². The summed E-state index contributed by atoms with van der Waals surface area (Å²) < 4.78 is 26.8. The molecule has 0 bridgehead atoms. The van der Waals surface area contributed by atoms with Gasteiger partial charge >= 0.3 is 0 Å². The summed E-state index contributed by atoms with van der Waals surface area (Å²) in [7, 11) is -2.44. The number of benzene rings is 1. The lowest BCUT2D eigenvalue weighted by Crippen LogP contribution is -2.14. The van der Waals surface area contributed by atoms with E-state index in [4.69, 9.17) is 15.6 Å². The van der Waals surface area contributed by atoms with Crippen molar-refractivity contribution >= 4 is 15.7 Å². The normalized spacial score (nSPS) is 11.2. The Kier molecular flexibility index (Phi) is 2.44. The number of hydrogen-bond acceptors (Lipinski definition) is 4. The zero-order valence-corrected chi connectivity index (χ0v) is 7.84. The molecule has 1 rings (SSSR count). The third kappa shape index (κ3) is 1.90. The smallest absolute Gasteiger partial charge is 0.241 e. The highest BCUT2D eigenvalue weighted by molar-refractivity contribution is 7.89. The molecule has 0 aliphatic carbocycles. The van der Waals surface area contributed by atoms with Gasteiger partial charge in [-0.25, -0.2) is 13.6 Å². The minimum Gasteiger partial charge on any atom is -0.493 e. The highest BCUT2D eigenvalue weighted by atomic mass is 32.2. The largest absolute Gasteiger partial charge is 0.493 e. The number of sulfonamides is 1. The molecule has 0 heterocycles. The third-order valence-electron chi connectivity index (χ3n) is 1.52. The first-order chi connectivity index (χ1) is 5.96. The van der Waals surface area contributed by atoms with E-state index in [1.807, 2.05) is 0 Å². The summed E-state index contributed by atoms with van der Waals surface area (Å²) in [6, 6.07) is 4.37. The highest BCUT2D eigenvalue weighted by Gasteiger charge is 2.16. The molecule has 0 aliphatic rings. The fourth-order valence-corrected chi connectivity index (χ4v) is 1.70. The Morgan fingerprint density at radius 2 is 2.00 bits per heavy atom. The lowest BCUT2D eigenvalue weighted by atomic mass is 10.3. The monoisotopic (exact) mass is 202 g/mol. The lowest BCUT2D eigenvalue weighted by Gasteiger charge is -2.08. The Morgan fingerprint density at radius 3 is 2.38 bits per heavy atom. The van der Waals surface area contributed by atoms with E-state index >= 15 is 0 Å². The highest BCUT2D eigenvalue weighted by Crippen LogP contribution is 2.28. The molecule has 0 radical (unpaired) electrons. The van der Waals surface area contributed by atoms with Crippen LogP contribution in [0.3, 0.4) is 0 Å². The van der Waals surface area contributed by atoms with Crippen LogP contribution in [0.1, 0.15) is 0 Å². The fourth-order valence-electron chi connectivity index (χ4n) is 0.975. The Bertz CT molecular complexity index is 414. The molecule has 72 valence electrons. The minimum atomic E-state index is -3.77. The Morgan fingerprint density at radius 1 is 1.38 bits per heavy atom. The number of hydrogen-bond donors (Lipinski definition) is 2. The molecule has 0 amide bonds. The van der Waals surface area contributed by atoms with Crippen LogP contribution in [-0.4, -0.2) is 15.5 Å². The van der Waals surface area contributed by atoms with E-state index in [1.54, 1.807) is 0 Å². The van der Waals surface area contributed by atoms with Crippen LogP contribution in [0.15, 0.2) is 23.1 Å². The average molecular weight is 202 g/mol. The topological polar surface area (TPSA) is 95.4 Å². The van der Waals surface area contributed by atoms with Crippen LogP contribution in [0.2, 0.25) is 0 Å². The van der Waals surface area contributed by atoms with E-state index in [9.17, 15) is 8.42 Å². The number of ether oxygens (including phenoxy) is 1. The molecule has 1 aromatic carbocycles. The summed E-state index contributed by atoms with van der Waals surface area (Å²) in [5.74, 6) is 0.0880. The number of anilines is 1. The molecule has 0 spiro atoms. The predicted molar refractivity (Wildman–Crippen MR) is 48.8 cm³/mol. The zero-order valence-electron chi connectivity index (χ0n) is 7.02. The van der Waals surface area contributed by atoms with Gasteiger partial charge in [0.15, 0.2) is 5.75 Å². The van der Waals surface area contributed by atoms with Gasteiger partial charge in [-0.2, -0.15) is 0 Å². The number of nitrogen functional groups attached to an aromatic ring is 1. The van der Waals surface area contributed by atoms with Crippen LogP contribution >= 0.6 is 0 Å². The van der Waals surface area contributed by atoms with Crippen molar-refractivity contribution < 1.29 is 13.2 Å². The van der Waals surface area contributed by atoms with Crippen LogP contribution in [0, 0.1) is 0 Å². The summed E-state index contributed by atoms with van der Waals surface area (Å²) in [4.78, 5) is -0.102. The Hall–Kier alpha value is -1.27. The standard InChI is InChI=1S/C7H10N2O3S/c1-12-7-5(8)3-2-4-6(7)13(9,10)11/h2-4H,8H2,1H3,(H2,9,10,11). The molecule has 6 heteroatoms. The van der Waals surface area contributed by atoms with E-state index in [1.165, 1.54) is 25.3 Å². The molecule has 0 atom stereocenters. The van der Waals surface area contributed by atoms with Gasteiger partial charge in [0, 0.05) is 0 Å². The minimum absolute atomic E-state index is 0.0880. The van der Waals surface area contributed by atoms with Crippen molar-refractivity contribution in [2.24, 2.45) is 5.14 Å². The van der Waals surface area contributed by atoms with Gasteiger partial charge in [-0.15, -0.1) is 0 Å². The second kappa shape index (κ2) is 3.23. The molecule has 1 aromatic rings. The van der Waals surface area contributed by atoms with Gasteiger partial charge in [-0.1, -0.05) is 6.07 Å². The van der Waals surface area contributed by atoms with Crippen molar-refractivity contribution in [3.63, 3.8) is 0 Å². The van der Waals surface area contributed by atoms with E-state index in [2.05, 4.69) is 0 Å². The first-order valence-corrected chi connectivity index (χ1v) is 4.96. The predicted octanol–water partition coefficient (Wildman–Crippen LogP) is -0.0752. The maximum Gasteiger partial charge on any atom is 0.241 e. The van der Waals surface area contributed by atoms with Crippen LogP contribution in [0.4, 0.5) is 5.69 Å². The first-order valence-electron chi connectivity index (χ1n) is 3.42. The van der Waals surface area contributed by atoms with Gasteiger partial charge in [0.1, 0.15) is 4.90 Å². The van der Waals surface area contributed by atoms with Gasteiger partial charge in [-0.3, -0.25) is 0 Å². The number of methoxy groups -OCH3 is 1. The fraction of sp³-hybridized carbons (Fsp3) is 0.143. The summed E-state index contributed by atoms with van der Waals surface area (Å²) >= 11 is 0. The molecule has 0 saturated carbocycles. The van der Waals surface area contributed by atoms with Crippen molar-refractivity contribution in [3.05, 3.63) is 18.2 Å². The second-order valence-electron chi connectivity index (χ2n) is 2.42. The van der Waals surface area contributed by atoms with Gasteiger partial charge in [-0.05, 0) is 12.1 Å². The maximum atomic E-state index is 11.0. The van der Waals surface area contributed by atoms with Gasteiger partial charge in [0.2, 0.25) is 10.0 Å². The summed E-state index contributed by atoms with van der Waals surface area (Å²) in [5.41, 5.74) is 5.73. The SMILES string of the molecule is COc1c(N)cccc1S(N)(=O)=O. The number of rotatable bonds is 2. The Balaban J connectivity index is 3.47. The van der Waals surface area contributed by atoms with Crippen LogP contribution in [0.25, 0.3) is 0 Å². The molecule has 0 unspecified atom stereocenters. The van der Waals surface area contributed by atoms with E-state index in [-0.39, 0.29) is 16.3 Å². The van der Waals surface area contributed by atoms with Crippen molar-refractivity contribution in [2.45, 2.75) is 4.90 Å². The molecule has 0 fully saturated rings. The lowest BCUT2D eigenvalue weighted by molar-refractivity contribution is 0.405. The first kappa shape index (κ1) is 9.82. The van der Waals surface area contributed by atoms with Gasteiger partial charge in [0.25, 0.3) is 0 Å². The molecular formula is C7H10N2O3S. The molecule has 5 nitrogen and oxygen atoms in total. The second-order valence-corrected chi connectivity index (χ2v) is 3.95. The van der Waals surface area contributed by atoms with E-state index < -0.39 is 10.0 Å². The molecular weight excluding hydrogens is 192 g/mol. The Labute approximate surface area is 76.4 Å². The summed E-state index contributed by atoms with van der Waals surface area (Å²) in [6.07, 6.45) is 0. The van der Waals surface area contributed by atoms with Crippen molar-refractivity contribution in [1.29, 1.82) is 0 Å². The molecule has 0 aromatic heterocycles. The van der Waals surface area contributed by atoms with Gasteiger partial charge < -0.3 is 10.5 Å². The number of primary sulfonamides is 1. The number of nitrogens with two attached hydrogens (primary N) is 2. The van der Waals surface area contributed by atoms with Crippen LogP contribution in [-0.2, 0) is 10.0 Å². The molecule has 13 heavy (non-hydrogen) atoms. The maximum absolute atomic E-state index is 11.0. The molecule has 4 N–H and O–H groups in total. The van der Waals surface area contributed by atoms with Crippen molar-refractivity contribution in [3.8, 4) is 5.75 Å². The number of para-hydroxylation sites is 1. The summed E-state index contributed by atoms with van der Waals surface area (Å²) in [6.45, 7) is 0. The van der Waals surface area contributed by atoms with Crippen LogP contribution < -0.4 is 15.6 Å². The third-order valence-corrected chi connectivity index (χ3v) is 2.45. The summed E-state index contributed by atoms with van der Waals surface area (Å²) in [5, 5.41) is 4.94. The van der Waals surface area contributed by atoms with E-state index in [0.29, 0.717) is 0 Å². The van der Waals surface area contributed by atoms with Crippen molar-refractivity contribution in [2.75, 3.05) is 12.8 Å².